The Labute approximate surface area is 192 Å². The van der Waals surface area contributed by atoms with E-state index in [-0.39, 0.29) is 12.4 Å². The molecule has 0 spiro atoms. The van der Waals surface area contributed by atoms with Gasteiger partial charge in [0.2, 0.25) is 5.89 Å². The second kappa shape index (κ2) is 9.45. The summed E-state index contributed by atoms with van der Waals surface area (Å²) in [4.78, 5) is 30.3. The Morgan fingerprint density at radius 1 is 1.24 bits per heavy atom. The highest BCUT2D eigenvalue weighted by Gasteiger charge is 2.27. The lowest BCUT2D eigenvalue weighted by molar-refractivity contribution is 0.252. The molecule has 0 radical (unpaired) electrons. The molecule has 2 amide bonds. The van der Waals surface area contributed by atoms with Crippen molar-refractivity contribution >= 4 is 32.8 Å². The van der Waals surface area contributed by atoms with E-state index in [1.54, 1.807) is 33.4 Å². The number of halogens is 1. The smallest absolute Gasteiger partial charge is 0.321 e. The third-order valence-electron chi connectivity index (χ3n) is 4.74. The standard InChI is InChI=1S/C21H22FN7O3S/c1-21(2,11-22)18-27-16(29-32-18)6-7-24-19(30)28-20-26-15-5-4-14(25-17(15)33-20)12-8-13(31-3)10-23-9-12/h4-5,8-10H,6-7,11H2,1-3H3,(H2,24,26,28,30). The average Bonchev–Trinajstić information content (AvgIpc) is 3.45. The van der Waals surface area contributed by atoms with E-state index in [1.165, 1.54) is 11.3 Å². The molecule has 0 atom stereocenters. The van der Waals surface area contributed by atoms with Gasteiger partial charge in [-0.15, -0.1) is 0 Å². The van der Waals surface area contributed by atoms with E-state index in [2.05, 4.69) is 35.7 Å². The summed E-state index contributed by atoms with van der Waals surface area (Å²) in [5, 5.41) is 9.67. The summed E-state index contributed by atoms with van der Waals surface area (Å²) >= 11 is 1.26. The highest BCUT2D eigenvalue weighted by Crippen LogP contribution is 2.28. The van der Waals surface area contributed by atoms with Crippen molar-refractivity contribution in [2.45, 2.75) is 25.7 Å². The SMILES string of the molecule is COc1cncc(-c2ccc3nc(NC(=O)NCCc4noc(C(C)(C)CF)n4)sc3n2)c1. The van der Waals surface area contributed by atoms with Gasteiger partial charge in [0.1, 0.15) is 22.8 Å². The quantitative estimate of drug-likeness (QED) is 0.398. The molecule has 0 unspecified atom stereocenters. The Hall–Kier alpha value is -3.67. The molecule has 12 heteroatoms. The first kappa shape index (κ1) is 22.5. The molecule has 10 nitrogen and oxygen atoms in total. The number of fused-ring (bicyclic) bond motifs is 1. The molecule has 0 fully saturated rings. The molecule has 0 saturated carbocycles. The Bertz CT molecular complexity index is 1270. The van der Waals surface area contributed by atoms with Crippen LogP contribution in [0, 0.1) is 0 Å². The zero-order valence-corrected chi connectivity index (χ0v) is 19.1. The predicted molar refractivity (Wildman–Crippen MR) is 121 cm³/mol. The fourth-order valence-corrected chi connectivity index (χ4v) is 3.65. The van der Waals surface area contributed by atoms with Gasteiger partial charge in [0.15, 0.2) is 11.0 Å². The second-order valence-electron chi connectivity index (χ2n) is 7.82. The lowest BCUT2D eigenvalue weighted by atomic mass is 9.96. The number of nitrogens with zero attached hydrogens (tertiary/aromatic N) is 5. The van der Waals surface area contributed by atoms with Gasteiger partial charge in [-0.25, -0.2) is 19.2 Å². The number of anilines is 1. The van der Waals surface area contributed by atoms with E-state index in [1.807, 2.05) is 18.2 Å². The molecule has 0 aliphatic carbocycles. The Morgan fingerprint density at radius 3 is 2.88 bits per heavy atom. The van der Waals surface area contributed by atoms with Gasteiger partial charge in [0.05, 0.1) is 24.4 Å². The molecule has 0 saturated heterocycles. The van der Waals surface area contributed by atoms with Crippen LogP contribution in [0.25, 0.3) is 21.6 Å². The Kier molecular flexibility index (Phi) is 6.45. The predicted octanol–water partition coefficient (Wildman–Crippen LogP) is 3.76. The van der Waals surface area contributed by atoms with Crippen LogP contribution in [0.1, 0.15) is 25.6 Å². The van der Waals surface area contributed by atoms with Gasteiger partial charge >= 0.3 is 6.03 Å². The first-order valence-electron chi connectivity index (χ1n) is 10.1. The third-order valence-corrected chi connectivity index (χ3v) is 5.62. The van der Waals surface area contributed by atoms with Crippen LogP contribution in [-0.2, 0) is 11.8 Å². The van der Waals surface area contributed by atoms with E-state index in [4.69, 9.17) is 9.26 Å². The molecule has 33 heavy (non-hydrogen) atoms. The molecule has 4 aromatic heterocycles. The molecule has 0 bridgehead atoms. The maximum Gasteiger partial charge on any atom is 0.321 e. The van der Waals surface area contributed by atoms with Crippen LogP contribution < -0.4 is 15.4 Å². The number of amides is 2. The first-order valence-corrected chi connectivity index (χ1v) is 10.9. The number of hydrogen-bond donors (Lipinski definition) is 2. The minimum Gasteiger partial charge on any atom is -0.495 e. The summed E-state index contributed by atoms with van der Waals surface area (Å²) in [7, 11) is 1.58. The number of ether oxygens (including phenoxy) is 1. The highest BCUT2D eigenvalue weighted by molar-refractivity contribution is 7.21. The molecule has 0 aromatic carbocycles. The van der Waals surface area contributed by atoms with Crippen molar-refractivity contribution in [1.29, 1.82) is 0 Å². The number of alkyl halides is 1. The van der Waals surface area contributed by atoms with Gasteiger partial charge < -0.3 is 14.6 Å². The maximum atomic E-state index is 13.0. The van der Waals surface area contributed by atoms with E-state index in [0.29, 0.717) is 33.5 Å². The zero-order chi connectivity index (χ0) is 23.4. The van der Waals surface area contributed by atoms with Crippen LogP contribution in [0.15, 0.2) is 35.1 Å². The number of aromatic nitrogens is 5. The number of urea groups is 1. The highest BCUT2D eigenvalue weighted by atomic mass is 32.1. The van der Waals surface area contributed by atoms with E-state index in [0.717, 1.165) is 11.3 Å². The average molecular weight is 472 g/mol. The number of rotatable bonds is 8. The van der Waals surface area contributed by atoms with Crippen molar-refractivity contribution in [2.24, 2.45) is 0 Å². The summed E-state index contributed by atoms with van der Waals surface area (Å²) in [6.45, 7) is 3.03. The molecular formula is C21H22FN7O3S. The van der Waals surface area contributed by atoms with E-state index >= 15 is 0 Å². The van der Waals surface area contributed by atoms with Crippen LogP contribution in [0.5, 0.6) is 5.75 Å². The number of hydrogen-bond acceptors (Lipinski definition) is 9. The summed E-state index contributed by atoms with van der Waals surface area (Å²) in [5.74, 6) is 1.27. The lowest BCUT2D eigenvalue weighted by Gasteiger charge is -2.13. The number of pyridine rings is 2. The largest absolute Gasteiger partial charge is 0.495 e. The van der Waals surface area contributed by atoms with Crippen molar-refractivity contribution in [3.05, 3.63) is 42.3 Å². The number of carbonyl (C=O) groups excluding carboxylic acids is 1. The van der Waals surface area contributed by atoms with Crippen LogP contribution in [-0.4, -0.2) is 51.5 Å². The fraction of sp³-hybridized carbons (Fsp3) is 0.333. The lowest BCUT2D eigenvalue weighted by Crippen LogP contribution is -2.30. The molecule has 4 rings (SSSR count). The summed E-state index contributed by atoms with van der Waals surface area (Å²) in [5.41, 5.74) is 1.38. The molecule has 4 aromatic rings. The van der Waals surface area contributed by atoms with Crippen molar-refractivity contribution in [3.63, 3.8) is 0 Å². The van der Waals surface area contributed by atoms with Crippen LogP contribution >= 0.6 is 11.3 Å². The second-order valence-corrected chi connectivity index (χ2v) is 8.79. The number of nitrogens with one attached hydrogen (secondary N) is 2. The number of carbonyl (C=O) groups is 1. The van der Waals surface area contributed by atoms with Gasteiger partial charge in [-0.3, -0.25) is 10.3 Å². The van der Waals surface area contributed by atoms with E-state index in [9.17, 15) is 9.18 Å². The van der Waals surface area contributed by atoms with Gasteiger partial charge in [-0.2, -0.15) is 4.98 Å². The molecule has 0 aliphatic heterocycles. The number of thiazole rings is 1. The van der Waals surface area contributed by atoms with Gasteiger partial charge in [-0.05, 0) is 32.0 Å². The first-order chi connectivity index (χ1) is 15.9. The van der Waals surface area contributed by atoms with Gasteiger partial charge in [-0.1, -0.05) is 16.5 Å². The molecule has 0 aliphatic rings. The minimum atomic E-state index is -0.833. The van der Waals surface area contributed by atoms with E-state index < -0.39 is 18.1 Å². The van der Waals surface area contributed by atoms with Crippen molar-refractivity contribution < 1.29 is 18.4 Å². The molecule has 2 N–H and O–H groups in total. The fourth-order valence-electron chi connectivity index (χ4n) is 2.82. The summed E-state index contributed by atoms with van der Waals surface area (Å²) in [6.07, 6.45) is 3.67. The monoisotopic (exact) mass is 471 g/mol. The molecule has 172 valence electrons. The zero-order valence-electron chi connectivity index (χ0n) is 18.3. The van der Waals surface area contributed by atoms with Crippen LogP contribution in [0.2, 0.25) is 0 Å². The van der Waals surface area contributed by atoms with Crippen LogP contribution in [0.3, 0.4) is 0 Å². The van der Waals surface area contributed by atoms with Crippen molar-refractivity contribution in [1.82, 2.24) is 30.4 Å². The van der Waals surface area contributed by atoms with Crippen molar-refractivity contribution in [2.75, 3.05) is 25.6 Å². The maximum absolute atomic E-state index is 13.0. The van der Waals surface area contributed by atoms with Gasteiger partial charge in [0, 0.05) is 24.7 Å². The van der Waals surface area contributed by atoms with Crippen molar-refractivity contribution in [3.8, 4) is 17.0 Å². The number of methoxy groups -OCH3 is 1. The van der Waals surface area contributed by atoms with Gasteiger partial charge in [0.25, 0.3) is 0 Å². The topological polar surface area (TPSA) is 128 Å². The molecule has 4 heterocycles. The minimum absolute atomic E-state index is 0.232. The molecular weight excluding hydrogens is 449 g/mol. The summed E-state index contributed by atoms with van der Waals surface area (Å²) in [6, 6.07) is 5.11. The van der Waals surface area contributed by atoms with Crippen LogP contribution in [0.4, 0.5) is 14.3 Å². The summed E-state index contributed by atoms with van der Waals surface area (Å²) < 4.78 is 23.4. The Morgan fingerprint density at radius 2 is 2.09 bits per heavy atom. The normalized spacial score (nSPS) is 11.5. The Balaban J connectivity index is 1.35. The third kappa shape index (κ3) is 5.22.